The third kappa shape index (κ3) is 6.58. The number of carbonyl (C=O) groups excluding carboxylic acids is 2. The van der Waals surface area contributed by atoms with E-state index in [1.165, 1.54) is 0 Å². The van der Waals surface area contributed by atoms with Gasteiger partial charge >= 0.3 is 0 Å². The van der Waals surface area contributed by atoms with Gasteiger partial charge in [-0.2, -0.15) is 5.10 Å². The van der Waals surface area contributed by atoms with Crippen molar-refractivity contribution >= 4 is 40.5 Å². The maximum absolute atomic E-state index is 13.5. The van der Waals surface area contributed by atoms with Gasteiger partial charge in [-0.25, -0.2) is 9.50 Å². The van der Waals surface area contributed by atoms with E-state index < -0.39 is 0 Å². The molecule has 2 N–H and O–H groups in total. The summed E-state index contributed by atoms with van der Waals surface area (Å²) in [6.45, 7) is 6.71. The highest BCUT2D eigenvalue weighted by Gasteiger charge is 2.52. The molecule has 1 spiro atoms. The standard InChI is InChI=1S/C39H40Cl2N8O4/c1-23(50)48-21-39(22-48)19-47(20-39)18-33-45-49-17-25(14-32(49)38(52)46(33)2)27-6-4-7-28(35(27)40)29-8-5-9-30(36(29)41)31-12-10-24(37(44-31)53-3)15-42-16-26-11-13-34(51)43-26/h4-10,12,14,17,26,42H,11,13,15-16,18-22H2,1-3H3,(H,43,51). The molecule has 0 saturated carbocycles. The van der Waals surface area contributed by atoms with Crippen molar-refractivity contribution < 1.29 is 14.3 Å². The van der Waals surface area contributed by atoms with Crippen LogP contribution in [0.4, 0.5) is 0 Å². The maximum Gasteiger partial charge on any atom is 0.277 e. The molecule has 5 aromatic rings. The molecular weight excluding hydrogens is 715 g/mol. The van der Waals surface area contributed by atoms with Crippen LogP contribution in [0.3, 0.4) is 0 Å². The number of methoxy groups -OCH3 is 1. The van der Waals surface area contributed by atoms with Crippen LogP contribution in [0, 0.1) is 5.41 Å². The van der Waals surface area contributed by atoms with Crippen molar-refractivity contribution in [3.63, 3.8) is 0 Å². The van der Waals surface area contributed by atoms with Crippen molar-refractivity contribution in [2.75, 3.05) is 39.8 Å². The highest BCUT2D eigenvalue weighted by Crippen LogP contribution is 2.43. The lowest BCUT2D eigenvalue weighted by atomic mass is 9.73. The maximum atomic E-state index is 13.5. The van der Waals surface area contributed by atoms with Crippen molar-refractivity contribution in [1.82, 2.24) is 39.6 Å². The van der Waals surface area contributed by atoms with Crippen molar-refractivity contribution in [2.45, 2.75) is 38.9 Å². The number of nitrogens with one attached hydrogen (secondary N) is 2. The van der Waals surface area contributed by atoms with Crippen molar-refractivity contribution in [3.05, 3.63) is 92.6 Å². The number of likely N-dealkylation sites (tertiary alicyclic amines) is 2. The predicted octanol–water partition coefficient (Wildman–Crippen LogP) is 4.78. The molecule has 3 fully saturated rings. The molecule has 8 rings (SSSR count). The molecule has 0 bridgehead atoms. The lowest BCUT2D eigenvalue weighted by molar-refractivity contribution is -0.157. The third-order valence-corrected chi connectivity index (χ3v) is 11.5. The summed E-state index contributed by atoms with van der Waals surface area (Å²) in [6, 6.07) is 17.4. The molecule has 3 aliphatic rings. The van der Waals surface area contributed by atoms with Gasteiger partial charge in [-0.1, -0.05) is 65.7 Å². The smallest absolute Gasteiger partial charge is 0.277 e. The lowest BCUT2D eigenvalue weighted by Gasteiger charge is -2.60. The number of halogens is 2. The third-order valence-electron chi connectivity index (χ3n) is 10.7. The van der Waals surface area contributed by atoms with Crippen LogP contribution in [0.15, 0.2) is 65.6 Å². The zero-order chi connectivity index (χ0) is 37.0. The molecule has 274 valence electrons. The Morgan fingerprint density at radius 2 is 1.70 bits per heavy atom. The van der Waals surface area contributed by atoms with E-state index >= 15 is 0 Å². The second kappa shape index (κ2) is 13.9. The largest absolute Gasteiger partial charge is 0.481 e. The Labute approximate surface area is 316 Å². The second-order valence-electron chi connectivity index (χ2n) is 14.5. The molecule has 3 saturated heterocycles. The van der Waals surface area contributed by atoms with E-state index in [1.807, 2.05) is 65.7 Å². The van der Waals surface area contributed by atoms with Gasteiger partial charge in [-0.15, -0.1) is 0 Å². The number of fused-ring (bicyclic) bond motifs is 1. The number of rotatable bonds is 10. The van der Waals surface area contributed by atoms with Gasteiger partial charge in [0, 0.05) is 111 Å². The molecule has 14 heteroatoms. The summed E-state index contributed by atoms with van der Waals surface area (Å²) in [7, 11) is 3.35. The van der Waals surface area contributed by atoms with Crippen LogP contribution in [0.5, 0.6) is 5.88 Å². The number of aromatic nitrogens is 4. The van der Waals surface area contributed by atoms with Crippen molar-refractivity contribution in [2.24, 2.45) is 12.5 Å². The minimum Gasteiger partial charge on any atom is -0.481 e. The Balaban J connectivity index is 1.02. The lowest BCUT2D eigenvalue weighted by Crippen LogP contribution is -2.72. The summed E-state index contributed by atoms with van der Waals surface area (Å²) in [5, 5.41) is 12.2. The fourth-order valence-electron chi connectivity index (χ4n) is 7.90. The first-order chi connectivity index (χ1) is 25.5. The van der Waals surface area contributed by atoms with Crippen LogP contribution in [-0.2, 0) is 29.7 Å². The predicted molar refractivity (Wildman–Crippen MR) is 204 cm³/mol. The Morgan fingerprint density at radius 1 is 1.00 bits per heavy atom. The number of carbonyl (C=O) groups is 2. The summed E-state index contributed by atoms with van der Waals surface area (Å²) in [5.41, 5.74) is 5.75. The minimum atomic E-state index is -0.141. The Kier molecular flexibility index (Phi) is 9.26. The fourth-order valence-corrected chi connectivity index (χ4v) is 8.56. The van der Waals surface area contributed by atoms with E-state index in [-0.39, 0.29) is 28.8 Å². The zero-order valence-corrected chi connectivity index (χ0v) is 31.3. The van der Waals surface area contributed by atoms with Crippen LogP contribution < -0.4 is 20.9 Å². The highest BCUT2D eigenvalue weighted by atomic mass is 35.5. The number of pyridine rings is 1. The molecule has 1 atom stereocenters. The Hall–Kier alpha value is -4.75. The quantitative estimate of drug-likeness (QED) is 0.209. The molecule has 0 aliphatic carbocycles. The van der Waals surface area contributed by atoms with Crippen molar-refractivity contribution in [1.29, 1.82) is 0 Å². The van der Waals surface area contributed by atoms with Gasteiger partial charge in [-0.3, -0.25) is 23.9 Å². The SMILES string of the molecule is COc1nc(-c2cccc(-c3cccc(-c4cc5c(=O)n(C)c(CN6CC7(C6)CN(C(C)=O)C7)nn5c4)c3Cl)c2Cl)ccc1CNCC1CCC(=O)N1. The Morgan fingerprint density at radius 3 is 2.38 bits per heavy atom. The first-order valence-electron chi connectivity index (χ1n) is 17.7. The number of ether oxygens (including phenoxy) is 1. The van der Waals surface area contributed by atoms with Gasteiger partial charge in [0.1, 0.15) is 11.3 Å². The van der Waals surface area contributed by atoms with Gasteiger partial charge in [0.05, 0.1) is 29.4 Å². The monoisotopic (exact) mass is 754 g/mol. The molecule has 2 amide bonds. The number of benzene rings is 2. The van der Waals surface area contributed by atoms with Crippen LogP contribution in [0.1, 0.15) is 31.2 Å². The van der Waals surface area contributed by atoms with Crippen LogP contribution in [0.25, 0.3) is 39.0 Å². The van der Waals surface area contributed by atoms with Crippen LogP contribution >= 0.6 is 23.2 Å². The number of hydrogen-bond donors (Lipinski definition) is 2. The fraction of sp³-hybridized carbons (Fsp3) is 0.359. The summed E-state index contributed by atoms with van der Waals surface area (Å²) >= 11 is 14.3. The van der Waals surface area contributed by atoms with Gasteiger partial charge in [0.15, 0.2) is 0 Å². The van der Waals surface area contributed by atoms with Crippen LogP contribution in [-0.4, -0.2) is 86.7 Å². The zero-order valence-electron chi connectivity index (χ0n) is 29.8. The molecule has 3 aliphatic heterocycles. The molecule has 6 heterocycles. The number of hydrogen-bond acceptors (Lipinski definition) is 8. The number of nitrogens with zero attached hydrogens (tertiary/aromatic N) is 6. The average Bonchev–Trinajstić information content (AvgIpc) is 3.73. The first kappa shape index (κ1) is 35.3. The second-order valence-corrected chi connectivity index (χ2v) is 15.2. The van der Waals surface area contributed by atoms with E-state index in [0.29, 0.717) is 59.0 Å². The van der Waals surface area contributed by atoms with Gasteiger partial charge in [0.25, 0.3) is 5.56 Å². The van der Waals surface area contributed by atoms with E-state index in [2.05, 4.69) is 15.5 Å². The Bertz CT molecular complexity index is 2320. The molecule has 1 unspecified atom stereocenters. The van der Waals surface area contributed by atoms with E-state index in [0.717, 1.165) is 66.0 Å². The molecule has 3 aromatic heterocycles. The van der Waals surface area contributed by atoms with Gasteiger partial charge in [-0.05, 0) is 18.6 Å². The topological polar surface area (TPSA) is 126 Å². The van der Waals surface area contributed by atoms with E-state index in [1.54, 1.807) is 30.2 Å². The molecule has 12 nitrogen and oxygen atoms in total. The molecular formula is C39H40Cl2N8O4. The first-order valence-corrected chi connectivity index (χ1v) is 18.5. The van der Waals surface area contributed by atoms with Crippen LogP contribution in [0.2, 0.25) is 10.0 Å². The van der Waals surface area contributed by atoms with Crippen molar-refractivity contribution in [3.8, 4) is 39.4 Å². The normalized spacial score (nSPS) is 17.9. The van der Waals surface area contributed by atoms with E-state index in [4.69, 9.17) is 38.0 Å². The molecule has 53 heavy (non-hydrogen) atoms. The number of amides is 2. The summed E-state index contributed by atoms with van der Waals surface area (Å²) in [6.07, 6.45) is 3.23. The van der Waals surface area contributed by atoms with Gasteiger partial charge in [0.2, 0.25) is 17.7 Å². The summed E-state index contributed by atoms with van der Waals surface area (Å²) < 4.78 is 8.91. The minimum absolute atomic E-state index is 0.0927. The van der Waals surface area contributed by atoms with E-state index in [9.17, 15) is 14.4 Å². The van der Waals surface area contributed by atoms with Gasteiger partial charge < -0.3 is 20.3 Å². The highest BCUT2D eigenvalue weighted by molar-refractivity contribution is 6.39. The molecule has 0 radical (unpaired) electrons. The average molecular weight is 756 g/mol. The summed E-state index contributed by atoms with van der Waals surface area (Å²) in [4.78, 5) is 45.7. The summed E-state index contributed by atoms with van der Waals surface area (Å²) in [5.74, 6) is 1.37. The molecule has 2 aromatic carbocycles.